The Morgan fingerprint density at radius 1 is 1.22 bits per heavy atom. The lowest BCUT2D eigenvalue weighted by atomic mass is 9.95. The number of halogens is 1. The Morgan fingerprint density at radius 3 is 2.74 bits per heavy atom. The summed E-state index contributed by atoms with van der Waals surface area (Å²) in [5.41, 5.74) is 0. The number of piperidine rings is 1. The molecule has 6 nitrogen and oxygen atoms in total. The molecule has 150 valence electrons. The van der Waals surface area contributed by atoms with Crippen molar-refractivity contribution in [2.75, 3.05) is 39.3 Å². The van der Waals surface area contributed by atoms with Gasteiger partial charge in [-0.05, 0) is 31.9 Å². The minimum Gasteiger partial charge on any atom is -0.493 e. The molecule has 7 heteroatoms. The van der Waals surface area contributed by atoms with Crippen molar-refractivity contribution in [3.05, 3.63) is 30.3 Å². The van der Waals surface area contributed by atoms with Crippen LogP contribution in [0.3, 0.4) is 0 Å². The molecule has 0 spiro atoms. The van der Waals surface area contributed by atoms with Crippen LogP contribution < -0.4 is 10.1 Å². The smallest absolute Gasteiger partial charge is 0.227 e. The molecule has 2 saturated heterocycles. The molecule has 2 amide bonds. The van der Waals surface area contributed by atoms with Gasteiger partial charge in [-0.2, -0.15) is 0 Å². The summed E-state index contributed by atoms with van der Waals surface area (Å²) in [6, 6.07) is 9.75. The van der Waals surface area contributed by atoms with E-state index in [0.29, 0.717) is 19.6 Å². The normalized spacial score (nSPS) is 22.7. The van der Waals surface area contributed by atoms with E-state index in [2.05, 4.69) is 12.2 Å². The van der Waals surface area contributed by atoms with E-state index in [4.69, 9.17) is 4.74 Å². The third-order valence-corrected chi connectivity index (χ3v) is 5.24. The molecule has 1 N–H and O–H groups in total. The molecule has 0 radical (unpaired) electrons. The van der Waals surface area contributed by atoms with Crippen LogP contribution in [-0.2, 0) is 9.59 Å². The van der Waals surface area contributed by atoms with Crippen LogP contribution in [0.15, 0.2) is 30.3 Å². The summed E-state index contributed by atoms with van der Waals surface area (Å²) in [7, 11) is 0. The van der Waals surface area contributed by atoms with Crippen LogP contribution in [0.2, 0.25) is 0 Å². The number of para-hydroxylation sites is 1. The summed E-state index contributed by atoms with van der Waals surface area (Å²) in [6.07, 6.45) is 2.11. The van der Waals surface area contributed by atoms with Crippen molar-refractivity contribution < 1.29 is 14.3 Å². The number of nitrogens with one attached hydrogen (secondary N) is 1. The molecule has 1 aromatic rings. The summed E-state index contributed by atoms with van der Waals surface area (Å²) in [4.78, 5) is 29.2. The van der Waals surface area contributed by atoms with Crippen LogP contribution in [0.5, 0.6) is 5.75 Å². The highest BCUT2D eigenvalue weighted by Crippen LogP contribution is 2.21. The molecule has 2 aliphatic rings. The van der Waals surface area contributed by atoms with Gasteiger partial charge in [0, 0.05) is 38.8 Å². The topological polar surface area (TPSA) is 61.9 Å². The van der Waals surface area contributed by atoms with Gasteiger partial charge >= 0.3 is 0 Å². The van der Waals surface area contributed by atoms with Gasteiger partial charge in [-0.3, -0.25) is 9.59 Å². The molecule has 27 heavy (non-hydrogen) atoms. The number of amides is 2. The van der Waals surface area contributed by atoms with Crippen LogP contribution in [0.1, 0.15) is 26.2 Å². The van der Waals surface area contributed by atoms with Crippen molar-refractivity contribution in [3.8, 4) is 5.75 Å². The van der Waals surface area contributed by atoms with E-state index in [1.165, 1.54) is 0 Å². The standard InChI is InChI=1S/C20H29N3O3.ClH/c1-16-14-21-10-12-23(16)20(25)17-6-5-11-22(15-17)19(24)9-13-26-18-7-3-2-4-8-18;/h2-4,7-8,16-17,21H,5-6,9-15H2,1H3;1H/t16-,17?;/m0./s1. The molecule has 1 unspecified atom stereocenters. The number of hydrogen-bond donors (Lipinski definition) is 1. The monoisotopic (exact) mass is 395 g/mol. The minimum absolute atomic E-state index is 0. The number of nitrogens with zero attached hydrogens (tertiary/aromatic N) is 2. The first-order valence-electron chi connectivity index (χ1n) is 9.62. The number of piperazine rings is 1. The number of carbonyl (C=O) groups is 2. The predicted molar refractivity (Wildman–Crippen MR) is 107 cm³/mol. The van der Waals surface area contributed by atoms with Gasteiger partial charge in [0.05, 0.1) is 18.9 Å². The van der Waals surface area contributed by atoms with E-state index in [0.717, 1.165) is 44.8 Å². The highest BCUT2D eigenvalue weighted by Gasteiger charge is 2.33. The van der Waals surface area contributed by atoms with E-state index in [1.54, 1.807) is 0 Å². The number of rotatable bonds is 5. The third-order valence-electron chi connectivity index (χ3n) is 5.24. The van der Waals surface area contributed by atoms with E-state index >= 15 is 0 Å². The fraction of sp³-hybridized carbons (Fsp3) is 0.600. The molecule has 3 rings (SSSR count). The van der Waals surface area contributed by atoms with Gasteiger partial charge in [0.25, 0.3) is 0 Å². The Balaban J connectivity index is 0.00000261. The molecule has 2 heterocycles. The van der Waals surface area contributed by atoms with Crippen molar-refractivity contribution in [3.63, 3.8) is 0 Å². The molecular formula is C20H30ClN3O3. The lowest BCUT2D eigenvalue weighted by Gasteiger charge is -2.39. The minimum atomic E-state index is -0.0664. The average Bonchev–Trinajstić information content (AvgIpc) is 2.69. The first kappa shape index (κ1) is 21.5. The fourth-order valence-corrected chi connectivity index (χ4v) is 3.74. The van der Waals surface area contributed by atoms with Gasteiger partial charge in [0.2, 0.25) is 11.8 Å². The van der Waals surface area contributed by atoms with Gasteiger partial charge in [-0.1, -0.05) is 18.2 Å². The highest BCUT2D eigenvalue weighted by molar-refractivity contribution is 5.85. The maximum Gasteiger partial charge on any atom is 0.227 e. The first-order chi connectivity index (χ1) is 12.6. The Kier molecular flexibility index (Phi) is 8.38. The fourth-order valence-electron chi connectivity index (χ4n) is 3.74. The van der Waals surface area contributed by atoms with E-state index in [9.17, 15) is 9.59 Å². The third kappa shape index (κ3) is 5.84. The Hall–Kier alpha value is -1.79. The number of ether oxygens (including phenoxy) is 1. The predicted octanol–water partition coefficient (Wildman–Crippen LogP) is 1.94. The molecular weight excluding hydrogens is 366 g/mol. The van der Waals surface area contributed by atoms with Crippen molar-refractivity contribution in [1.29, 1.82) is 0 Å². The maximum atomic E-state index is 12.9. The lowest BCUT2D eigenvalue weighted by molar-refractivity contribution is -0.143. The number of hydrogen-bond acceptors (Lipinski definition) is 4. The van der Waals surface area contributed by atoms with Gasteiger partial charge < -0.3 is 19.9 Å². The number of benzene rings is 1. The molecule has 0 saturated carbocycles. The molecule has 2 fully saturated rings. The lowest BCUT2D eigenvalue weighted by Crippen LogP contribution is -2.56. The van der Waals surface area contributed by atoms with Crippen LogP contribution in [0.4, 0.5) is 0 Å². The molecule has 0 bridgehead atoms. The SMILES string of the molecule is C[C@H]1CNCCN1C(=O)C1CCCN(C(=O)CCOc2ccccc2)C1.Cl. The first-order valence-corrected chi connectivity index (χ1v) is 9.62. The van der Waals surface area contributed by atoms with Crippen LogP contribution in [0, 0.1) is 5.92 Å². The number of likely N-dealkylation sites (tertiary alicyclic amines) is 1. The molecule has 1 aromatic carbocycles. The van der Waals surface area contributed by atoms with Crippen LogP contribution in [0.25, 0.3) is 0 Å². The van der Waals surface area contributed by atoms with E-state index in [1.807, 2.05) is 40.1 Å². The Morgan fingerprint density at radius 2 is 2.00 bits per heavy atom. The van der Waals surface area contributed by atoms with Gasteiger partial charge in [0.1, 0.15) is 5.75 Å². The summed E-state index contributed by atoms with van der Waals surface area (Å²) < 4.78 is 5.62. The van der Waals surface area contributed by atoms with Gasteiger partial charge in [-0.15, -0.1) is 12.4 Å². The van der Waals surface area contributed by atoms with Crippen molar-refractivity contribution in [2.45, 2.75) is 32.2 Å². The second-order valence-corrected chi connectivity index (χ2v) is 7.18. The molecule has 2 atom stereocenters. The second kappa shape index (κ2) is 10.5. The Labute approximate surface area is 167 Å². The van der Waals surface area contributed by atoms with Crippen LogP contribution >= 0.6 is 12.4 Å². The van der Waals surface area contributed by atoms with Gasteiger partial charge in [0.15, 0.2) is 0 Å². The summed E-state index contributed by atoms with van der Waals surface area (Å²) in [5.74, 6) is 0.992. The molecule has 2 aliphatic heterocycles. The quantitative estimate of drug-likeness (QED) is 0.827. The van der Waals surface area contributed by atoms with Crippen molar-refractivity contribution >= 4 is 24.2 Å². The van der Waals surface area contributed by atoms with E-state index < -0.39 is 0 Å². The van der Waals surface area contributed by atoms with Crippen LogP contribution in [-0.4, -0.2) is 67.0 Å². The van der Waals surface area contributed by atoms with Crippen molar-refractivity contribution in [2.24, 2.45) is 5.92 Å². The zero-order valence-electron chi connectivity index (χ0n) is 15.9. The highest BCUT2D eigenvalue weighted by atomic mass is 35.5. The zero-order chi connectivity index (χ0) is 18.4. The molecule has 0 aliphatic carbocycles. The number of carbonyl (C=O) groups excluding carboxylic acids is 2. The Bertz CT molecular complexity index is 614. The zero-order valence-corrected chi connectivity index (χ0v) is 16.7. The second-order valence-electron chi connectivity index (χ2n) is 7.18. The summed E-state index contributed by atoms with van der Waals surface area (Å²) in [6.45, 7) is 6.18. The van der Waals surface area contributed by atoms with E-state index in [-0.39, 0.29) is 36.2 Å². The molecule has 0 aromatic heterocycles. The van der Waals surface area contributed by atoms with Crippen molar-refractivity contribution in [1.82, 2.24) is 15.1 Å². The van der Waals surface area contributed by atoms with Gasteiger partial charge in [-0.25, -0.2) is 0 Å². The summed E-state index contributed by atoms with van der Waals surface area (Å²) in [5, 5.41) is 3.31. The summed E-state index contributed by atoms with van der Waals surface area (Å²) >= 11 is 0. The maximum absolute atomic E-state index is 12.9. The average molecular weight is 396 g/mol. The largest absolute Gasteiger partial charge is 0.493 e.